The monoisotopic (exact) mass is 396 g/mol. The van der Waals surface area contributed by atoms with E-state index in [4.69, 9.17) is 9.47 Å². The first-order valence-corrected chi connectivity index (χ1v) is 9.93. The van der Waals surface area contributed by atoms with Crippen molar-refractivity contribution in [2.45, 2.75) is 45.8 Å². The molecule has 1 saturated carbocycles. The highest BCUT2D eigenvalue weighted by Gasteiger charge is 2.29. The number of anilines is 1. The van der Waals surface area contributed by atoms with Gasteiger partial charge in [-0.2, -0.15) is 0 Å². The highest BCUT2D eigenvalue weighted by Crippen LogP contribution is 2.31. The summed E-state index contributed by atoms with van der Waals surface area (Å²) in [5.41, 5.74) is 2.22. The fourth-order valence-corrected chi connectivity index (χ4v) is 2.97. The average molecular weight is 396 g/mol. The summed E-state index contributed by atoms with van der Waals surface area (Å²) >= 11 is 0. The van der Waals surface area contributed by atoms with Gasteiger partial charge < -0.3 is 20.1 Å². The lowest BCUT2D eigenvalue weighted by Crippen LogP contribution is -2.26. The number of methoxy groups -OCH3 is 1. The Balaban J connectivity index is 1.62. The standard InChI is InChI=1S/C23H28N2O4/c1-14(2)29-20-12-9-18(13-21(20)28-4)23(27)24-15(3)16-7-10-19(11-8-16)25-22(26)17-5-6-17/h7-15,17H,5-6H2,1-4H3,(H,24,27)(H,25,26). The van der Waals surface area contributed by atoms with Gasteiger partial charge in [0.05, 0.1) is 19.3 Å². The molecule has 0 radical (unpaired) electrons. The van der Waals surface area contributed by atoms with E-state index in [0.717, 1.165) is 24.1 Å². The van der Waals surface area contributed by atoms with E-state index < -0.39 is 0 Å². The molecule has 2 aromatic rings. The van der Waals surface area contributed by atoms with E-state index in [1.54, 1.807) is 25.3 Å². The fraction of sp³-hybridized carbons (Fsp3) is 0.391. The minimum absolute atomic E-state index is 0.0145. The average Bonchev–Trinajstić information content (AvgIpc) is 3.53. The molecule has 0 bridgehead atoms. The van der Waals surface area contributed by atoms with Crippen LogP contribution in [0.2, 0.25) is 0 Å². The molecule has 1 aliphatic carbocycles. The maximum Gasteiger partial charge on any atom is 0.251 e. The van der Waals surface area contributed by atoms with E-state index in [-0.39, 0.29) is 29.9 Å². The van der Waals surface area contributed by atoms with Crippen LogP contribution in [0.4, 0.5) is 5.69 Å². The van der Waals surface area contributed by atoms with Crippen LogP contribution in [0.25, 0.3) is 0 Å². The zero-order chi connectivity index (χ0) is 21.0. The molecule has 1 unspecified atom stereocenters. The molecule has 1 fully saturated rings. The van der Waals surface area contributed by atoms with Crippen LogP contribution < -0.4 is 20.1 Å². The second-order valence-corrected chi connectivity index (χ2v) is 7.61. The van der Waals surface area contributed by atoms with E-state index in [1.807, 2.05) is 45.0 Å². The predicted molar refractivity (Wildman–Crippen MR) is 112 cm³/mol. The predicted octanol–water partition coefficient (Wildman–Crippen LogP) is 4.32. The van der Waals surface area contributed by atoms with Gasteiger partial charge in [0.1, 0.15) is 0 Å². The number of amides is 2. The molecule has 0 aromatic heterocycles. The molecule has 6 heteroatoms. The van der Waals surface area contributed by atoms with Crippen molar-refractivity contribution in [2.24, 2.45) is 5.92 Å². The van der Waals surface area contributed by atoms with Crippen LogP contribution in [0.5, 0.6) is 11.5 Å². The first-order valence-electron chi connectivity index (χ1n) is 9.93. The van der Waals surface area contributed by atoms with Crippen molar-refractivity contribution in [2.75, 3.05) is 12.4 Å². The molecule has 0 saturated heterocycles. The van der Waals surface area contributed by atoms with Gasteiger partial charge in [0, 0.05) is 17.2 Å². The molecular formula is C23H28N2O4. The summed E-state index contributed by atoms with van der Waals surface area (Å²) < 4.78 is 11.0. The Morgan fingerprint density at radius 2 is 1.69 bits per heavy atom. The lowest BCUT2D eigenvalue weighted by molar-refractivity contribution is -0.117. The van der Waals surface area contributed by atoms with E-state index in [2.05, 4.69) is 10.6 Å². The fourth-order valence-electron chi connectivity index (χ4n) is 2.97. The van der Waals surface area contributed by atoms with Crippen molar-refractivity contribution in [1.82, 2.24) is 5.32 Å². The highest BCUT2D eigenvalue weighted by molar-refractivity contribution is 5.95. The Bertz CT molecular complexity index is 873. The number of hydrogen-bond donors (Lipinski definition) is 2. The molecule has 2 N–H and O–H groups in total. The van der Waals surface area contributed by atoms with Crippen LogP contribution in [0, 0.1) is 5.92 Å². The molecule has 6 nitrogen and oxygen atoms in total. The second kappa shape index (κ2) is 8.99. The summed E-state index contributed by atoms with van der Waals surface area (Å²) in [7, 11) is 1.55. The van der Waals surface area contributed by atoms with Gasteiger partial charge in [-0.25, -0.2) is 0 Å². The van der Waals surface area contributed by atoms with Gasteiger partial charge in [-0.3, -0.25) is 9.59 Å². The largest absolute Gasteiger partial charge is 0.493 e. The molecular weight excluding hydrogens is 368 g/mol. The highest BCUT2D eigenvalue weighted by atomic mass is 16.5. The van der Waals surface area contributed by atoms with Crippen molar-refractivity contribution < 1.29 is 19.1 Å². The lowest BCUT2D eigenvalue weighted by atomic mass is 10.1. The third kappa shape index (κ3) is 5.50. The van der Waals surface area contributed by atoms with Crippen molar-refractivity contribution in [3.05, 3.63) is 53.6 Å². The number of carbonyl (C=O) groups is 2. The van der Waals surface area contributed by atoms with Gasteiger partial charge >= 0.3 is 0 Å². The molecule has 2 aromatic carbocycles. The SMILES string of the molecule is COc1cc(C(=O)NC(C)c2ccc(NC(=O)C3CC3)cc2)ccc1OC(C)C. The van der Waals surface area contributed by atoms with Crippen LogP contribution in [0.1, 0.15) is 55.6 Å². The third-order valence-corrected chi connectivity index (χ3v) is 4.76. The Hall–Kier alpha value is -3.02. The summed E-state index contributed by atoms with van der Waals surface area (Å²) in [6.07, 6.45) is 1.96. The molecule has 0 spiro atoms. The van der Waals surface area contributed by atoms with Gasteiger partial charge in [0.15, 0.2) is 11.5 Å². The van der Waals surface area contributed by atoms with Crippen molar-refractivity contribution >= 4 is 17.5 Å². The van der Waals surface area contributed by atoms with Gasteiger partial charge in [-0.05, 0) is 69.5 Å². The van der Waals surface area contributed by atoms with Gasteiger partial charge in [0.25, 0.3) is 5.91 Å². The molecule has 0 aliphatic heterocycles. The Morgan fingerprint density at radius 3 is 2.28 bits per heavy atom. The van der Waals surface area contributed by atoms with Crippen LogP contribution in [-0.2, 0) is 4.79 Å². The normalized spacial score (nSPS) is 14.2. The van der Waals surface area contributed by atoms with Crippen molar-refractivity contribution in [3.63, 3.8) is 0 Å². The Kier molecular flexibility index (Phi) is 6.42. The van der Waals surface area contributed by atoms with E-state index in [9.17, 15) is 9.59 Å². The van der Waals surface area contributed by atoms with Crippen LogP contribution in [0.3, 0.4) is 0 Å². The quantitative estimate of drug-likeness (QED) is 0.697. The van der Waals surface area contributed by atoms with Crippen LogP contribution >= 0.6 is 0 Å². The number of nitrogens with one attached hydrogen (secondary N) is 2. The Morgan fingerprint density at radius 1 is 1.00 bits per heavy atom. The first kappa shape index (κ1) is 20.7. The molecule has 2 amide bonds. The number of benzene rings is 2. The molecule has 0 heterocycles. The summed E-state index contributed by atoms with van der Waals surface area (Å²) in [5.74, 6) is 1.18. The lowest BCUT2D eigenvalue weighted by Gasteiger charge is -2.17. The molecule has 3 rings (SSSR count). The van der Waals surface area contributed by atoms with Crippen LogP contribution in [-0.4, -0.2) is 25.0 Å². The minimum Gasteiger partial charge on any atom is -0.493 e. The van der Waals surface area contributed by atoms with Crippen LogP contribution in [0.15, 0.2) is 42.5 Å². The maximum absolute atomic E-state index is 12.7. The second-order valence-electron chi connectivity index (χ2n) is 7.61. The van der Waals surface area contributed by atoms with Gasteiger partial charge in [0.2, 0.25) is 5.91 Å². The van der Waals surface area contributed by atoms with E-state index >= 15 is 0 Å². The minimum atomic E-state index is -0.196. The number of carbonyl (C=O) groups excluding carboxylic acids is 2. The van der Waals surface area contributed by atoms with E-state index in [0.29, 0.717) is 17.1 Å². The van der Waals surface area contributed by atoms with E-state index in [1.165, 1.54) is 0 Å². The van der Waals surface area contributed by atoms with Gasteiger partial charge in [-0.15, -0.1) is 0 Å². The summed E-state index contributed by atoms with van der Waals surface area (Å²) in [5, 5.41) is 5.91. The topological polar surface area (TPSA) is 76.7 Å². The van der Waals surface area contributed by atoms with Crippen molar-refractivity contribution in [3.8, 4) is 11.5 Å². The molecule has 1 aliphatic rings. The Labute approximate surface area is 171 Å². The van der Waals surface area contributed by atoms with Gasteiger partial charge in [-0.1, -0.05) is 12.1 Å². The maximum atomic E-state index is 12.7. The first-order chi connectivity index (χ1) is 13.9. The summed E-state index contributed by atoms with van der Waals surface area (Å²) in [6, 6.07) is 12.5. The zero-order valence-electron chi connectivity index (χ0n) is 17.3. The van der Waals surface area contributed by atoms with Crippen molar-refractivity contribution in [1.29, 1.82) is 0 Å². The number of ether oxygens (including phenoxy) is 2. The zero-order valence-corrected chi connectivity index (χ0v) is 17.3. The number of hydrogen-bond acceptors (Lipinski definition) is 4. The summed E-state index contributed by atoms with van der Waals surface area (Å²) in [6.45, 7) is 5.79. The molecule has 1 atom stereocenters. The third-order valence-electron chi connectivity index (χ3n) is 4.76. The molecule has 29 heavy (non-hydrogen) atoms. The number of rotatable bonds is 8. The molecule has 154 valence electrons. The summed E-state index contributed by atoms with van der Waals surface area (Å²) in [4.78, 5) is 24.5. The smallest absolute Gasteiger partial charge is 0.251 e.